The first-order valence-electron chi connectivity index (χ1n) is 16.6. The third-order valence-electron chi connectivity index (χ3n) is 9.00. The van der Waals surface area contributed by atoms with Gasteiger partial charge in [0.25, 0.3) is 0 Å². The lowest BCUT2D eigenvalue weighted by atomic mass is 9.87. The van der Waals surface area contributed by atoms with Crippen molar-refractivity contribution in [2.24, 2.45) is 5.73 Å². The molecule has 0 unspecified atom stereocenters. The standard InChI is InChI=1S/C37H49N3O6/c1-43-35-10-3-2-8-31(35)27-44-22-7-23-45-32-15-13-29(14-16-32)33-17-21-40(37(41)42)25-36(33)46-26-28-11-12-30-9-6-20-39(34(30)24-28)19-5-4-18-38/h2-3,8,10-16,24,33,36H,4-7,9,17-23,25-27,38H2,1H3,(H,41,42)/t33-,36+/m1/s1. The summed E-state index contributed by atoms with van der Waals surface area (Å²) in [5.74, 6) is 1.73. The van der Waals surface area contributed by atoms with E-state index < -0.39 is 6.09 Å². The van der Waals surface area contributed by atoms with E-state index in [1.165, 1.54) is 22.6 Å². The Morgan fingerprint density at radius 3 is 2.63 bits per heavy atom. The van der Waals surface area contributed by atoms with E-state index in [2.05, 4.69) is 35.2 Å². The molecule has 1 amide bonds. The first kappa shape index (κ1) is 33.6. The van der Waals surface area contributed by atoms with E-state index in [4.69, 9.17) is 24.7 Å². The maximum absolute atomic E-state index is 11.9. The number of piperidine rings is 1. The Kier molecular flexibility index (Phi) is 12.6. The first-order chi connectivity index (χ1) is 22.6. The molecule has 2 aliphatic heterocycles. The van der Waals surface area contributed by atoms with Crippen LogP contribution in [0.15, 0.2) is 66.7 Å². The van der Waals surface area contributed by atoms with Gasteiger partial charge in [0.2, 0.25) is 0 Å². The molecule has 0 bridgehead atoms. The van der Waals surface area contributed by atoms with Crippen molar-refractivity contribution in [3.05, 3.63) is 89.0 Å². The number of aryl methyl sites for hydroxylation is 1. The number of amides is 1. The van der Waals surface area contributed by atoms with Crippen LogP contribution >= 0.6 is 0 Å². The molecule has 2 heterocycles. The smallest absolute Gasteiger partial charge is 0.407 e. The van der Waals surface area contributed by atoms with E-state index >= 15 is 0 Å². The molecule has 1 saturated heterocycles. The number of carbonyl (C=O) groups is 1. The summed E-state index contributed by atoms with van der Waals surface area (Å²) in [7, 11) is 1.67. The van der Waals surface area contributed by atoms with Crippen molar-refractivity contribution in [3.8, 4) is 11.5 Å². The molecule has 0 aliphatic carbocycles. The Morgan fingerprint density at radius 1 is 0.978 bits per heavy atom. The zero-order valence-electron chi connectivity index (χ0n) is 27.1. The second-order valence-corrected chi connectivity index (χ2v) is 12.2. The number of benzene rings is 3. The minimum absolute atomic E-state index is 0.0958. The van der Waals surface area contributed by atoms with Crippen molar-refractivity contribution in [1.29, 1.82) is 0 Å². The highest BCUT2D eigenvalue weighted by molar-refractivity contribution is 5.65. The molecule has 0 aromatic heterocycles. The summed E-state index contributed by atoms with van der Waals surface area (Å²) in [4.78, 5) is 15.8. The van der Waals surface area contributed by atoms with Crippen molar-refractivity contribution in [2.45, 2.75) is 63.8 Å². The van der Waals surface area contributed by atoms with Gasteiger partial charge in [0.1, 0.15) is 11.5 Å². The SMILES string of the molecule is COc1ccccc1COCCCOc1ccc([C@H]2CCN(C(=O)O)C[C@@H]2OCc2ccc3c(c2)N(CCCCN)CCC3)cc1. The van der Waals surface area contributed by atoms with E-state index in [1.807, 2.05) is 36.4 Å². The predicted octanol–water partition coefficient (Wildman–Crippen LogP) is 6.23. The van der Waals surface area contributed by atoms with Crippen LogP contribution in [0, 0.1) is 0 Å². The van der Waals surface area contributed by atoms with Crippen molar-refractivity contribution in [1.82, 2.24) is 4.90 Å². The average Bonchev–Trinajstić information content (AvgIpc) is 3.09. The van der Waals surface area contributed by atoms with Gasteiger partial charge in [-0.15, -0.1) is 0 Å². The normalized spacial score (nSPS) is 17.9. The molecule has 2 atom stereocenters. The van der Waals surface area contributed by atoms with Gasteiger partial charge in [0.05, 0.1) is 46.2 Å². The quantitative estimate of drug-likeness (QED) is 0.179. The summed E-state index contributed by atoms with van der Waals surface area (Å²) in [5, 5.41) is 9.73. The van der Waals surface area contributed by atoms with Gasteiger partial charge in [-0.3, -0.25) is 0 Å². The van der Waals surface area contributed by atoms with Gasteiger partial charge >= 0.3 is 6.09 Å². The van der Waals surface area contributed by atoms with E-state index in [1.54, 1.807) is 7.11 Å². The highest BCUT2D eigenvalue weighted by atomic mass is 16.5. The van der Waals surface area contributed by atoms with E-state index in [9.17, 15) is 9.90 Å². The summed E-state index contributed by atoms with van der Waals surface area (Å²) >= 11 is 0. The summed E-state index contributed by atoms with van der Waals surface area (Å²) in [6.45, 7) is 5.74. The maximum Gasteiger partial charge on any atom is 0.407 e. The molecule has 2 aliphatic rings. The average molecular weight is 632 g/mol. The molecule has 9 nitrogen and oxygen atoms in total. The Labute approximate surface area is 273 Å². The van der Waals surface area contributed by atoms with E-state index in [0.29, 0.717) is 45.9 Å². The maximum atomic E-state index is 11.9. The number of carboxylic acid groups (broad SMARTS) is 1. The number of hydrogen-bond acceptors (Lipinski definition) is 7. The topological polar surface area (TPSA) is 107 Å². The number of anilines is 1. The Morgan fingerprint density at radius 2 is 1.83 bits per heavy atom. The number of hydrogen-bond donors (Lipinski definition) is 2. The second-order valence-electron chi connectivity index (χ2n) is 12.2. The fourth-order valence-corrected chi connectivity index (χ4v) is 6.48. The fourth-order valence-electron chi connectivity index (χ4n) is 6.48. The minimum atomic E-state index is -0.899. The molecular formula is C37H49N3O6. The van der Waals surface area contributed by atoms with Crippen LogP contribution in [0.1, 0.15) is 60.3 Å². The molecule has 46 heavy (non-hydrogen) atoms. The molecule has 3 aromatic rings. The number of unbranched alkanes of at least 4 members (excludes halogenated alkanes) is 1. The Bertz CT molecular complexity index is 1380. The molecule has 0 spiro atoms. The highest BCUT2D eigenvalue weighted by Gasteiger charge is 2.33. The van der Waals surface area contributed by atoms with Crippen LogP contribution in [0.5, 0.6) is 11.5 Å². The summed E-state index contributed by atoms with van der Waals surface area (Å²) in [6, 6.07) is 22.7. The number of rotatable bonds is 16. The monoisotopic (exact) mass is 631 g/mol. The molecule has 5 rings (SSSR count). The fraction of sp³-hybridized carbons (Fsp3) is 0.486. The largest absolute Gasteiger partial charge is 0.496 e. The van der Waals surface area contributed by atoms with Gasteiger partial charge in [0, 0.05) is 43.2 Å². The number of likely N-dealkylation sites (tertiary alicyclic amines) is 1. The number of fused-ring (bicyclic) bond motifs is 1. The summed E-state index contributed by atoms with van der Waals surface area (Å²) in [6.07, 6.45) is 4.73. The molecule has 0 saturated carbocycles. The van der Waals surface area contributed by atoms with Crippen molar-refractivity contribution >= 4 is 11.8 Å². The molecule has 9 heteroatoms. The van der Waals surface area contributed by atoms with Crippen LogP contribution < -0.4 is 20.1 Å². The predicted molar refractivity (Wildman–Crippen MR) is 180 cm³/mol. The zero-order valence-corrected chi connectivity index (χ0v) is 27.1. The van der Waals surface area contributed by atoms with Gasteiger partial charge in [-0.25, -0.2) is 4.79 Å². The Balaban J connectivity index is 1.14. The highest BCUT2D eigenvalue weighted by Crippen LogP contribution is 2.33. The van der Waals surface area contributed by atoms with Gasteiger partial charge in [-0.05, 0) is 79.6 Å². The lowest BCUT2D eigenvalue weighted by Gasteiger charge is -2.37. The number of methoxy groups -OCH3 is 1. The van der Waals surface area contributed by atoms with Gasteiger partial charge < -0.3 is 39.6 Å². The number of ether oxygens (including phenoxy) is 4. The molecule has 248 valence electrons. The first-order valence-corrected chi connectivity index (χ1v) is 16.6. The van der Waals surface area contributed by atoms with Crippen LogP contribution in [-0.4, -0.2) is 75.3 Å². The van der Waals surface area contributed by atoms with Crippen molar-refractivity contribution < 1.29 is 28.8 Å². The number of para-hydroxylation sites is 1. The molecule has 1 fully saturated rings. The lowest BCUT2D eigenvalue weighted by Crippen LogP contribution is -2.46. The third-order valence-corrected chi connectivity index (χ3v) is 9.00. The summed E-state index contributed by atoms with van der Waals surface area (Å²) < 4.78 is 23.7. The minimum Gasteiger partial charge on any atom is -0.496 e. The molecule has 0 radical (unpaired) electrons. The lowest BCUT2D eigenvalue weighted by molar-refractivity contribution is -0.0199. The second kappa shape index (κ2) is 17.2. The van der Waals surface area contributed by atoms with Gasteiger partial charge in [0.15, 0.2) is 0 Å². The Hall–Kier alpha value is -3.79. The van der Waals surface area contributed by atoms with E-state index in [0.717, 1.165) is 73.5 Å². The molecule has 3 N–H and O–H groups in total. The van der Waals surface area contributed by atoms with Crippen LogP contribution in [0.25, 0.3) is 0 Å². The van der Waals surface area contributed by atoms with E-state index in [-0.39, 0.29) is 12.0 Å². The number of nitrogens with zero attached hydrogens (tertiary/aromatic N) is 2. The molecular weight excluding hydrogens is 582 g/mol. The summed E-state index contributed by atoms with van der Waals surface area (Å²) in [5.41, 5.74) is 11.7. The van der Waals surface area contributed by atoms with Crippen molar-refractivity contribution in [2.75, 3.05) is 57.9 Å². The van der Waals surface area contributed by atoms with Crippen LogP contribution in [0.4, 0.5) is 10.5 Å². The van der Waals surface area contributed by atoms with Gasteiger partial charge in [-0.2, -0.15) is 0 Å². The zero-order chi connectivity index (χ0) is 32.1. The third kappa shape index (κ3) is 9.15. The van der Waals surface area contributed by atoms with Crippen LogP contribution in [-0.2, 0) is 29.1 Å². The number of nitrogens with two attached hydrogens (primary N) is 1. The molecule has 3 aromatic carbocycles. The van der Waals surface area contributed by atoms with Crippen LogP contribution in [0.2, 0.25) is 0 Å². The van der Waals surface area contributed by atoms with Crippen LogP contribution in [0.3, 0.4) is 0 Å². The van der Waals surface area contributed by atoms with Gasteiger partial charge in [-0.1, -0.05) is 42.5 Å². The van der Waals surface area contributed by atoms with Crippen molar-refractivity contribution in [3.63, 3.8) is 0 Å².